The van der Waals surface area contributed by atoms with Crippen LogP contribution in [0.2, 0.25) is 0 Å². The van der Waals surface area contributed by atoms with Crippen LogP contribution in [-0.2, 0) is 6.54 Å². The van der Waals surface area contributed by atoms with E-state index in [0.717, 1.165) is 19.4 Å². The highest BCUT2D eigenvalue weighted by Gasteiger charge is 2.33. The van der Waals surface area contributed by atoms with Gasteiger partial charge in [-0.25, -0.2) is 4.98 Å². The molecule has 0 saturated heterocycles. The van der Waals surface area contributed by atoms with Crippen LogP contribution in [0.25, 0.3) is 10.6 Å². The molecule has 1 fully saturated rings. The maximum atomic E-state index is 6.27. The first kappa shape index (κ1) is 10.1. The van der Waals surface area contributed by atoms with Crippen molar-refractivity contribution < 1.29 is 0 Å². The van der Waals surface area contributed by atoms with Crippen molar-refractivity contribution in [3.8, 4) is 10.6 Å². The van der Waals surface area contributed by atoms with Crippen LogP contribution in [0.1, 0.15) is 19.3 Å². The zero-order valence-corrected chi connectivity index (χ0v) is 9.91. The first-order valence-corrected chi connectivity index (χ1v) is 6.48. The van der Waals surface area contributed by atoms with Crippen LogP contribution in [0, 0.1) is 0 Å². The van der Waals surface area contributed by atoms with Crippen molar-refractivity contribution in [3.63, 3.8) is 0 Å². The smallest absolute Gasteiger partial charge is 0.0951 e. The van der Waals surface area contributed by atoms with Crippen LogP contribution in [0.5, 0.6) is 0 Å². The van der Waals surface area contributed by atoms with Gasteiger partial charge in [-0.3, -0.25) is 0 Å². The SMILES string of the molecule is NC1(Cn2cncc2-c2cccs2)CCC1. The molecule has 0 spiro atoms. The van der Waals surface area contributed by atoms with E-state index in [1.807, 2.05) is 12.5 Å². The summed E-state index contributed by atoms with van der Waals surface area (Å²) in [6, 6.07) is 4.20. The van der Waals surface area contributed by atoms with Gasteiger partial charge in [0.2, 0.25) is 0 Å². The first-order chi connectivity index (χ1) is 7.77. The highest BCUT2D eigenvalue weighted by Crippen LogP contribution is 2.32. The van der Waals surface area contributed by atoms with E-state index < -0.39 is 0 Å². The van der Waals surface area contributed by atoms with Gasteiger partial charge in [-0.2, -0.15) is 0 Å². The molecule has 1 saturated carbocycles. The quantitative estimate of drug-likeness (QED) is 0.885. The monoisotopic (exact) mass is 233 g/mol. The number of hydrogen-bond acceptors (Lipinski definition) is 3. The van der Waals surface area contributed by atoms with Crippen LogP contribution in [0.3, 0.4) is 0 Å². The minimum atomic E-state index is 0.00666. The number of aromatic nitrogens is 2. The molecule has 2 aromatic heterocycles. The summed E-state index contributed by atoms with van der Waals surface area (Å²) in [6.45, 7) is 0.889. The lowest BCUT2D eigenvalue weighted by molar-refractivity contribution is 0.216. The molecule has 1 aliphatic carbocycles. The number of nitrogens with zero attached hydrogens (tertiary/aromatic N) is 2. The third kappa shape index (κ3) is 1.68. The summed E-state index contributed by atoms with van der Waals surface area (Å²) < 4.78 is 2.19. The summed E-state index contributed by atoms with van der Waals surface area (Å²) in [5, 5.41) is 2.09. The van der Waals surface area contributed by atoms with Gasteiger partial charge in [0.1, 0.15) is 0 Å². The molecule has 3 nitrogen and oxygen atoms in total. The summed E-state index contributed by atoms with van der Waals surface area (Å²) in [5.41, 5.74) is 7.46. The standard InChI is InChI=1S/C12H15N3S/c13-12(4-2-5-12)8-15-9-14-7-10(15)11-3-1-6-16-11/h1,3,6-7,9H,2,4-5,8,13H2. The van der Waals surface area contributed by atoms with Crippen LogP contribution in [0.4, 0.5) is 0 Å². The highest BCUT2D eigenvalue weighted by atomic mass is 32.1. The van der Waals surface area contributed by atoms with Crippen molar-refractivity contribution in [2.45, 2.75) is 31.3 Å². The van der Waals surface area contributed by atoms with E-state index in [9.17, 15) is 0 Å². The Morgan fingerprint density at radius 1 is 1.50 bits per heavy atom. The molecule has 2 heterocycles. The van der Waals surface area contributed by atoms with E-state index in [0.29, 0.717) is 0 Å². The molecular formula is C12H15N3S. The first-order valence-electron chi connectivity index (χ1n) is 5.60. The third-order valence-corrected chi connectivity index (χ3v) is 4.21. The van der Waals surface area contributed by atoms with Crippen LogP contribution >= 0.6 is 11.3 Å². The molecule has 0 atom stereocenters. The Kier molecular flexibility index (Phi) is 2.33. The molecule has 1 aliphatic rings. The fourth-order valence-corrected chi connectivity index (χ4v) is 2.96. The second-order valence-electron chi connectivity index (χ2n) is 4.60. The second-order valence-corrected chi connectivity index (χ2v) is 5.55. The molecule has 0 unspecified atom stereocenters. The van der Waals surface area contributed by atoms with E-state index >= 15 is 0 Å². The van der Waals surface area contributed by atoms with Crippen molar-refractivity contribution in [2.75, 3.05) is 0 Å². The van der Waals surface area contributed by atoms with Gasteiger partial charge in [-0.05, 0) is 30.7 Å². The van der Waals surface area contributed by atoms with Crippen molar-refractivity contribution >= 4 is 11.3 Å². The van der Waals surface area contributed by atoms with Crippen LogP contribution in [0.15, 0.2) is 30.0 Å². The van der Waals surface area contributed by atoms with Gasteiger partial charge < -0.3 is 10.3 Å². The lowest BCUT2D eigenvalue weighted by Crippen LogP contribution is -2.49. The zero-order chi connectivity index (χ0) is 11.0. The topological polar surface area (TPSA) is 43.8 Å². The number of thiophene rings is 1. The number of nitrogens with two attached hydrogens (primary N) is 1. The summed E-state index contributed by atoms with van der Waals surface area (Å²) >= 11 is 1.74. The minimum absolute atomic E-state index is 0.00666. The van der Waals surface area contributed by atoms with E-state index in [2.05, 4.69) is 27.1 Å². The second kappa shape index (κ2) is 3.71. The predicted molar refractivity (Wildman–Crippen MR) is 66.3 cm³/mol. The maximum absolute atomic E-state index is 6.27. The van der Waals surface area contributed by atoms with Gasteiger partial charge in [0.05, 0.1) is 23.1 Å². The Balaban J connectivity index is 1.88. The predicted octanol–water partition coefficient (Wildman–Crippen LogP) is 2.49. The molecule has 2 N–H and O–H groups in total. The maximum Gasteiger partial charge on any atom is 0.0951 e. The molecule has 0 amide bonds. The molecule has 0 aromatic carbocycles. The van der Waals surface area contributed by atoms with Crippen molar-refractivity contribution in [1.82, 2.24) is 9.55 Å². The molecular weight excluding hydrogens is 218 g/mol. The van der Waals surface area contributed by atoms with Gasteiger partial charge in [-0.1, -0.05) is 6.07 Å². The van der Waals surface area contributed by atoms with Crippen molar-refractivity contribution in [3.05, 3.63) is 30.0 Å². The third-order valence-electron chi connectivity index (χ3n) is 3.32. The van der Waals surface area contributed by atoms with E-state index in [4.69, 9.17) is 5.73 Å². The average molecular weight is 233 g/mol. The van der Waals surface area contributed by atoms with Crippen molar-refractivity contribution in [2.24, 2.45) is 5.73 Å². The van der Waals surface area contributed by atoms with Gasteiger partial charge in [0, 0.05) is 12.1 Å². The molecule has 84 valence electrons. The molecule has 0 bridgehead atoms. The Bertz CT molecular complexity index is 468. The van der Waals surface area contributed by atoms with E-state index in [-0.39, 0.29) is 5.54 Å². The van der Waals surface area contributed by atoms with Gasteiger partial charge >= 0.3 is 0 Å². The van der Waals surface area contributed by atoms with Crippen molar-refractivity contribution in [1.29, 1.82) is 0 Å². The zero-order valence-electron chi connectivity index (χ0n) is 9.10. The van der Waals surface area contributed by atoms with E-state index in [1.54, 1.807) is 11.3 Å². The molecule has 0 aliphatic heterocycles. The molecule has 0 radical (unpaired) electrons. The molecule has 2 aromatic rings. The van der Waals surface area contributed by atoms with Gasteiger partial charge in [0.15, 0.2) is 0 Å². The summed E-state index contributed by atoms with van der Waals surface area (Å²) in [7, 11) is 0. The lowest BCUT2D eigenvalue weighted by Gasteiger charge is -2.38. The van der Waals surface area contributed by atoms with E-state index in [1.165, 1.54) is 17.0 Å². The molecule has 16 heavy (non-hydrogen) atoms. The van der Waals surface area contributed by atoms with Crippen LogP contribution in [-0.4, -0.2) is 15.1 Å². The fraction of sp³-hybridized carbons (Fsp3) is 0.417. The van der Waals surface area contributed by atoms with Gasteiger partial charge in [-0.15, -0.1) is 11.3 Å². The Labute approximate surface area is 98.9 Å². The Hall–Kier alpha value is -1.13. The van der Waals surface area contributed by atoms with Crippen LogP contribution < -0.4 is 5.73 Å². The Morgan fingerprint density at radius 2 is 2.38 bits per heavy atom. The lowest BCUT2D eigenvalue weighted by atomic mass is 9.77. The largest absolute Gasteiger partial charge is 0.328 e. The molecule has 4 heteroatoms. The number of hydrogen-bond donors (Lipinski definition) is 1. The average Bonchev–Trinajstić information content (AvgIpc) is 2.83. The molecule has 3 rings (SSSR count). The summed E-state index contributed by atoms with van der Waals surface area (Å²) in [4.78, 5) is 5.50. The summed E-state index contributed by atoms with van der Waals surface area (Å²) in [5.74, 6) is 0. The number of imidazole rings is 1. The highest BCUT2D eigenvalue weighted by molar-refractivity contribution is 7.13. The fourth-order valence-electron chi connectivity index (χ4n) is 2.20. The van der Waals surface area contributed by atoms with Gasteiger partial charge in [0.25, 0.3) is 0 Å². The normalized spacial score (nSPS) is 18.3. The Morgan fingerprint density at radius 3 is 3.00 bits per heavy atom. The number of rotatable bonds is 3. The summed E-state index contributed by atoms with van der Waals surface area (Å²) in [6.07, 6.45) is 7.35. The minimum Gasteiger partial charge on any atom is -0.328 e.